The van der Waals surface area contributed by atoms with Gasteiger partial charge in [-0.2, -0.15) is 5.26 Å². The summed E-state index contributed by atoms with van der Waals surface area (Å²) in [7, 11) is 0. The van der Waals surface area contributed by atoms with E-state index in [1.54, 1.807) is 26.8 Å². The predicted octanol–water partition coefficient (Wildman–Crippen LogP) is 3.54. The monoisotopic (exact) mass is 287 g/mol. The van der Waals surface area contributed by atoms with Crippen molar-refractivity contribution in [1.29, 1.82) is 5.26 Å². The summed E-state index contributed by atoms with van der Waals surface area (Å²) in [5.74, 6) is 0.0870. The van der Waals surface area contributed by atoms with Gasteiger partial charge in [-0.3, -0.25) is 4.90 Å². The Labute approximate surface area is 115 Å². The lowest BCUT2D eigenvalue weighted by atomic mass is 10.1. The molecule has 0 unspecified atom stereocenters. The molecule has 1 N–H and O–H groups in total. The van der Waals surface area contributed by atoms with Gasteiger partial charge in [0, 0.05) is 11.6 Å². The number of rotatable bonds is 1. The summed E-state index contributed by atoms with van der Waals surface area (Å²) in [4.78, 5) is 16.2. The van der Waals surface area contributed by atoms with Crippen molar-refractivity contribution in [2.45, 2.75) is 26.3 Å². The summed E-state index contributed by atoms with van der Waals surface area (Å²) in [5, 5.41) is 18.0. The van der Waals surface area contributed by atoms with Gasteiger partial charge in [-0.25, -0.2) is 9.78 Å². The molecule has 0 bridgehead atoms. The van der Waals surface area contributed by atoms with Gasteiger partial charge in [0.05, 0.1) is 5.02 Å². The molecule has 7 heteroatoms. The molecular formula is C11H11Cl2N3O2. The molecule has 0 radical (unpaired) electrons. The third-order valence-corrected chi connectivity index (χ3v) is 2.69. The van der Waals surface area contributed by atoms with Gasteiger partial charge >= 0.3 is 6.09 Å². The zero-order valence-corrected chi connectivity index (χ0v) is 11.5. The van der Waals surface area contributed by atoms with Crippen LogP contribution in [-0.4, -0.2) is 21.7 Å². The number of aromatic nitrogens is 1. The average molecular weight is 288 g/mol. The van der Waals surface area contributed by atoms with Crippen LogP contribution in [0.2, 0.25) is 10.2 Å². The van der Waals surface area contributed by atoms with Gasteiger partial charge in [0.25, 0.3) is 0 Å². The topological polar surface area (TPSA) is 77.2 Å². The molecule has 0 aliphatic heterocycles. The zero-order valence-electron chi connectivity index (χ0n) is 10.0. The molecule has 0 aliphatic rings. The lowest BCUT2D eigenvalue weighted by Crippen LogP contribution is -2.45. The van der Waals surface area contributed by atoms with Gasteiger partial charge in [0.1, 0.15) is 17.5 Å². The predicted molar refractivity (Wildman–Crippen MR) is 69.2 cm³/mol. The van der Waals surface area contributed by atoms with Gasteiger partial charge in [-0.15, -0.1) is 0 Å². The van der Waals surface area contributed by atoms with E-state index in [0.717, 1.165) is 4.90 Å². The van der Waals surface area contributed by atoms with Crippen molar-refractivity contribution in [2.75, 3.05) is 4.90 Å². The van der Waals surface area contributed by atoms with Crippen molar-refractivity contribution in [3.8, 4) is 6.07 Å². The van der Waals surface area contributed by atoms with E-state index in [2.05, 4.69) is 4.98 Å². The van der Waals surface area contributed by atoms with Crippen molar-refractivity contribution < 1.29 is 9.90 Å². The highest BCUT2D eigenvalue weighted by Gasteiger charge is 2.30. The Hall–Kier alpha value is -1.51. The molecule has 0 spiro atoms. The van der Waals surface area contributed by atoms with Crippen LogP contribution in [0.25, 0.3) is 0 Å². The van der Waals surface area contributed by atoms with E-state index < -0.39 is 11.6 Å². The highest BCUT2D eigenvalue weighted by molar-refractivity contribution is 6.36. The van der Waals surface area contributed by atoms with Crippen molar-refractivity contribution in [2.24, 2.45) is 0 Å². The first kappa shape index (κ1) is 14.6. The van der Waals surface area contributed by atoms with Gasteiger partial charge in [0.2, 0.25) is 0 Å². The third-order valence-electron chi connectivity index (χ3n) is 2.12. The Bertz CT molecular complexity index is 509. The molecule has 0 atom stereocenters. The molecule has 0 aromatic carbocycles. The highest BCUT2D eigenvalue weighted by atomic mass is 35.5. The van der Waals surface area contributed by atoms with E-state index in [0.29, 0.717) is 0 Å². The van der Waals surface area contributed by atoms with Gasteiger partial charge in [-0.1, -0.05) is 23.2 Å². The number of nitriles is 1. The molecule has 0 aliphatic carbocycles. The van der Waals surface area contributed by atoms with Crippen LogP contribution >= 0.6 is 23.2 Å². The molecule has 1 heterocycles. The second kappa shape index (κ2) is 5.01. The number of nitrogens with zero attached hydrogens (tertiary/aromatic N) is 3. The minimum absolute atomic E-state index is 0.0290. The molecule has 96 valence electrons. The maximum absolute atomic E-state index is 11.3. The minimum Gasteiger partial charge on any atom is -0.465 e. The van der Waals surface area contributed by atoms with Crippen molar-refractivity contribution >= 4 is 35.1 Å². The number of anilines is 1. The van der Waals surface area contributed by atoms with Crippen molar-refractivity contribution in [1.82, 2.24) is 4.98 Å². The van der Waals surface area contributed by atoms with Crippen LogP contribution in [-0.2, 0) is 0 Å². The molecule has 5 nitrogen and oxygen atoms in total. The van der Waals surface area contributed by atoms with Crippen LogP contribution in [0.1, 0.15) is 26.3 Å². The fourth-order valence-electron chi connectivity index (χ4n) is 1.42. The second-order valence-corrected chi connectivity index (χ2v) is 5.29. The second-order valence-electron chi connectivity index (χ2n) is 4.53. The Kier molecular flexibility index (Phi) is 4.05. The molecule has 1 amide bonds. The molecule has 0 saturated carbocycles. The first-order valence-electron chi connectivity index (χ1n) is 4.97. The van der Waals surface area contributed by atoms with E-state index in [4.69, 9.17) is 28.5 Å². The van der Waals surface area contributed by atoms with E-state index in [1.165, 1.54) is 6.07 Å². The van der Waals surface area contributed by atoms with Crippen molar-refractivity contribution in [3.05, 3.63) is 21.8 Å². The quantitative estimate of drug-likeness (QED) is 0.802. The van der Waals surface area contributed by atoms with Crippen LogP contribution in [0.3, 0.4) is 0 Å². The van der Waals surface area contributed by atoms with Crippen LogP contribution in [0.5, 0.6) is 0 Å². The van der Waals surface area contributed by atoms with Crippen LogP contribution < -0.4 is 4.90 Å². The SMILES string of the molecule is CC(C)(C)N(C(=O)O)c1cc(Cl)c(C#N)c(Cl)n1. The highest BCUT2D eigenvalue weighted by Crippen LogP contribution is 2.30. The van der Waals surface area contributed by atoms with Gasteiger partial charge < -0.3 is 5.11 Å². The van der Waals surface area contributed by atoms with E-state index >= 15 is 0 Å². The molecule has 1 aromatic rings. The Morgan fingerprint density at radius 1 is 1.50 bits per heavy atom. The summed E-state index contributed by atoms with van der Waals surface area (Å²) in [5.41, 5.74) is -0.680. The first-order chi connectivity index (χ1) is 8.18. The number of carboxylic acid groups (broad SMARTS) is 1. The fraction of sp³-hybridized carbons (Fsp3) is 0.364. The first-order valence-corrected chi connectivity index (χ1v) is 5.73. The molecule has 18 heavy (non-hydrogen) atoms. The molecule has 1 aromatic heterocycles. The largest absolute Gasteiger partial charge is 0.465 e. The summed E-state index contributed by atoms with van der Waals surface area (Å²) in [6.07, 6.45) is -1.17. The Balaban J connectivity index is 3.42. The van der Waals surface area contributed by atoms with E-state index in [1.807, 2.05) is 0 Å². The summed E-state index contributed by atoms with van der Waals surface area (Å²) in [6, 6.07) is 3.12. The molecular weight excluding hydrogens is 277 g/mol. The smallest absolute Gasteiger partial charge is 0.413 e. The van der Waals surface area contributed by atoms with E-state index in [9.17, 15) is 9.90 Å². The number of hydrogen-bond acceptors (Lipinski definition) is 3. The standard InChI is InChI=1S/C11H11Cl2N3O2/c1-11(2,3)16(10(17)18)8-4-7(12)6(5-14)9(13)15-8/h4H,1-3H3,(H,17,18). The number of pyridine rings is 1. The minimum atomic E-state index is -1.17. The van der Waals surface area contributed by atoms with Crippen LogP contribution in [0, 0.1) is 11.3 Å². The summed E-state index contributed by atoms with van der Waals surface area (Å²) in [6.45, 7) is 5.13. The number of hydrogen-bond donors (Lipinski definition) is 1. The Morgan fingerprint density at radius 3 is 2.39 bits per heavy atom. The molecule has 0 saturated heterocycles. The van der Waals surface area contributed by atoms with Crippen LogP contribution in [0.4, 0.5) is 10.6 Å². The lowest BCUT2D eigenvalue weighted by molar-refractivity contribution is 0.195. The Morgan fingerprint density at radius 2 is 2.06 bits per heavy atom. The maximum Gasteiger partial charge on any atom is 0.413 e. The fourth-order valence-corrected chi connectivity index (χ4v) is 1.92. The average Bonchev–Trinajstić information content (AvgIpc) is 2.13. The number of halogens is 2. The molecule has 0 fully saturated rings. The van der Waals surface area contributed by atoms with Gasteiger partial charge in [-0.05, 0) is 20.8 Å². The third kappa shape index (κ3) is 2.84. The number of amides is 1. The van der Waals surface area contributed by atoms with Crippen molar-refractivity contribution in [3.63, 3.8) is 0 Å². The van der Waals surface area contributed by atoms with Crippen LogP contribution in [0.15, 0.2) is 6.07 Å². The zero-order chi connectivity index (χ0) is 14.1. The maximum atomic E-state index is 11.3. The summed E-state index contributed by atoms with van der Waals surface area (Å²) < 4.78 is 0. The molecule has 1 rings (SSSR count). The number of carbonyl (C=O) groups is 1. The normalized spacial score (nSPS) is 10.9. The van der Waals surface area contributed by atoms with E-state index in [-0.39, 0.29) is 21.6 Å². The lowest BCUT2D eigenvalue weighted by Gasteiger charge is -2.32. The van der Waals surface area contributed by atoms with Gasteiger partial charge in [0.15, 0.2) is 5.15 Å². The summed E-state index contributed by atoms with van der Waals surface area (Å²) >= 11 is 11.7.